The molecular weight excluding hydrogens is 200 g/mol. The third-order valence-electron chi connectivity index (χ3n) is 3.16. The van der Waals surface area contributed by atoms with Gasteiger partial charge in [0.25, 0.3) is 0 Å². The van der Waals surface area contributed by atoms with Crippen LogP contribution in [0.2, 0.25) is 0 Å². The first-order chi connectivity index (χ1) is 6.83. The summed E-state index contributed by atoms with van der Waals surface area (Å²) in [6.45, 7) is 2.22. The van der Waals surface area contributed by atoms with Crippen molar-refractivity contribution in [3.8, 4) is 0 Å². The molecule has 84 valence electrons. The van der Waals surface area contributed by atoms with Crippen molar-refractivity contribution in [2.45, 2.75) is 32.1 Å². The zero-order valence-corrected chi connectivity index (χ0v) is 9.81. The molecule has 0 atom stereocenters. The second-order valence-electron chi connectivity index (χ2n) is 4.20. The predicted molar refractivity (Wildman–Crippen MR) is 58.9 cm³/mol. The van der Waals surface area contributed by atoms with Gasteiger partial charge in [-0.2, -0.15) is 0 Å². The lowest BCUT2D eigenvalue weighted by Gasteiger charge is -2.25. The molecule has 1 fully saturated rings. The Balaban J connectivity index is 2.08. The van der Waals surface area contributed by atoms with E-state index < -0.39 is 0 Å². The number of rotatable bonds is 7. The van der Waals surface area contributed by atoms with Crippen molar-refractivity contribution in [2.24, 2.45) is 5.41 Å². The van der Waals surface area contributed by atoms with Gasteiger partial charge in [-0.1, -0.05) is 12.8 Å². The van der Waals surface area contributed by atoms with E-state index in [1.54, 1.807) is 7.11 Å². The summed E-state index contributed by atoms with van der Waals surface area (Å²) in [5, 5.41) is 0. The van der Waals surface area contributed by atoms with Crippen LogP contribution in [0, 0.1) is 5.41 Å². The highest BCUT2D eigenvalue weighted by Crippen LogP contribution is 2.41. The van der Waals surface area contributed by atoms with Crippen LogP contribution in [0.4, 0.5) is 0 Å². The van der Waals surface area contributed by atoms with Crippen LogP contribution in [0.1, 0.15) is 32.1 Å². The quantitative estimate of drug-likeness (QED) is 0.485. The largest absolute Gasteiger partial charge is 0.382 e. The molecule has 0 aromatic carbocycles. The average molecular weight is 221 g/mol. The summed E-state index contributed by atoms with van der Waals surface area (Å²) in [6, 6.07) is 0. The first kappa shape index (κ1) is 12.3. The fraction of sp³-hybridized carbons (Fsp3) is 1.00. The zero-order chi connectivity index (χ0) is 10.3. The minimum absolute atomic E-state index is 0.384. The molecule has 0 heterocycles. The van der Waals surface area contributed by atoms with Gasteiger partial charge in [0.15, 0.2) is 0 Å². The Hall–Kier alpha value is 0.210. The molecule has 3 heteroatoms. The van der Waals surface area contributed by atoms with Crippen molar-refractivity contribution in [1.29, 1.82) is 0 Å². The van der Waals surface area contributed by atoms with Crippen molar-refractivity contribution < 1.29 is 9.47 Å². The van der Waals surface area contributed by atoms with E-state index in [1.165, 1.54) is 25.7 Å². The van der Waals surface area contributed by atoms with E-state index in [0.717, 1.165) is 18.9 Å². The van der Waals surface area contributed by atoms with E-state index in [0.29, 0.717) is 18.6 Å². The summed E-state index contributed by atoms with van der Waals surface area (Å²) >= 11 is 6.02. The monoisotopic (exact) mass is 220 g/mol. The number of alkyl halides is 1. The lowest BCUT2D eigenvalue weighted by molar-refractivity contribution is 0.0548. The van der Waals surface area contributed by atoms with Crippen LogP contribution in [0.5, 0.6) is 0 Å². The number of methoxy groups -OCH3 is 1. The van der Waals surface area contributed by atoms with Gasteiger partial charge in [0.2, 0.25) is 0 Å². The number of hydrogen-bond acceptors (Lipinski definition) is 2. The highest BCUT2D eigenvalue weighted by Gasteiger charge is 2.32. The third-order valence-corrected chi connectivity index (χ3v) is 3.72. The predicted octanol–water partition coefficient (Wildman–Crippen LogP) is 2.84. The first-order valence-corrected chi connectivity index (χ1v) is 5.99. The van der Waals surface area contributed by atoms with Crippen molar-refractivity contribution in [3.05, 3.63) is 0 Å². The van der Waals surface area contributed by atoms with E-state index in [1.807, 2.05) is 0 Å². The maximum absolute atomic E-state index is 6.02. The molecule has 1 aliphatic carbocycles. The average Bonchev–Trinajstić information content (AvgIpc) is 2.67. The molecule has 1 saturated carbocycles. The molecule has 0 aromatic heterocycles. The van der Waals surface area contributed by atoms with Gasteiger partial charge in [0, 0.05) is 19.6 Å². The molecule has 0 aliphatic heterocycles. The summed E-state index contributed by atoms with van der Waals surface area (Å²) in [5.74, 6) is 0.792. The molecule has 0 aromatic rings. The second-order valence-corrected chi connectivity index (χ2v) is 4.46. The van der Waals surface area contributed by atoms with Crippen LogP contribution in [0.15, 0.2) is 0 Å². The number of halogens is 1. The molecule has 0 unspecified atom stereocenters. The highest BCUT2D eigenvalue weighted by molar-refractivity contribution is 6.18. The molecule has 14 heavy (non-hydrogen) atoms. The van der Waals surface area contributed by atoms with Gasteiger partial charge in [0.05, 0.1) is 13.2 Å². The molecule has 2 nitrogen and oxygen atoms in total. The summed E-state index contributed by atoms with van der Waals surface area (Å²) in [5.41, 5.74) is 0.384. The topological polar surface area (TPSA) is 18.5 Å². The third kappa shape index (κ3) is 3.76. The molecule has 0 N–H and O–H groups in total. The molecule has 1 rings (SSSR count). The van der Waals surface area contributed by atoms with E-state index in [-0.39, 0.29) is 0 Å². The van der Waals surface area contributed by atoms with Crippen LogP contribution < -0.4 is 0 Å². The van der Waals surface area contributed by atoms with Gasteiger partial charge >= 0.3 is 0 Å². The lowest BCUT2D eigenvalue weighted by atomic mass is 9.85. The molecule has 0 bridgehead atoms. The van der Waals surface area contributed by atoms with Crippen molar-refractivity contribution in [3.63, 3.8) is 0 Å². The Morgan fingerprint density at radius 3 is 2.43 bits per heavy atom. The minimum Gasteiger partial charge on any atom is -0.382 e. The van der Waals surface area contributed by atoms with E-state index in [4.69, 9.17) is 21.1 Å². The summed E-state index contributed by atoms with van der Waals surface area (Å²) < 4.78 is 10.4. The second kappa shape index (κ2) is 6.65. The van der Waals surface area contributed by atoms with Crippen LogP contribution >= 0.6 is 11.6 Å². The minimum atomic E-state index is 0.384. The van der Waals surface area contributed by atoms with Crippen LogP contribution in [-0.2, 0) is 9.47 Å². The number of hydrogen-bond donors (Lipinski definition) is 0. The molecule has 1 aliphatic rings. The summed E-state index contributed by atoms with van der Waals surface area (Å²) in [4.78, 5) is 0. The van der Waals surface area contributed by atoms with E-state index >= 15 is 0 Å². The SMILES string of the molecule is COCCOCCC1(CCl)CCCC1. The molecule has 0 saturated heterocycles. The highest BCUT2D eigenvalue weighted by atomic mass is 35.5. The summed E-state index contributed by atoms with van der Waals surface area (Å²) in [6.07, 6.45) is 6.35. The van der Waals surface area contributed by atoms with Gasteiger partial charge in [-0.05, 0) is 24.7 Å². The molecule has 0 radical (unpaired) electrons. The smallest absolute Gasteiger partial charge is 0.0700 e. The Morgan fingerprint density at radius 1 is 1.14 bits per heavy atom. The first-order valence-electron chi connectivity index (χ1n) is 5.46. The van der Waals surface area contributed by atoms with Crippen molar-refractivity contribution in [2.75, 3.05) is 32.8 Å². The van der Waals surface area contributed by atoms with E-state index in [2.05, 4.69) is 0 Å². The Labute approximate surface area is 91.9 Å². The molecule has 0 spiro atoms. The standard InChI is InChI=1S/C11H21ClO2/c1-13-8-9-14-7-6-11(10-12)4-2-3-5-11/h2-10H2,1H3. The van der Waals surface area contributed by atoms with Gasteiger partial charge in [-0.15, -0.1) is 11.6 Å². The normalized spacial score (nSPS) is 20.1. The molecule has 0 amide bonds. The van der Waals surface area contributed by atoms with Crippen molar-refractivity contribution in [1.82, 2.24) is 0 Å². The fourth-order valence-corrected chi connectivity index (χ4v) is 2.51. The van der Waals surface area contributed by atoms with Crippen LogP contribution in [0.3, 0.4) is 0 Å². The Bertz CT molecular complexity index is 144. The van der Waals surface area contributed by atoms with E-state index in [9.17, 15) is 0 Å². The van der Waals surface area contributed by atoms with Gasteiger partial charge < -0.3 is 9.47 Å². The van der Waals surface area contributed by atoms with Gasteiger partial charge in [0.1, 0.15) is 0 Å². The van der Waals surface area contributed by atoms with Gasteiger partial charge in [-0.3, -0.25) is 0 Å². The van der Waals surface area contributed by atoms with Crippen LogP contribution in [0.25, 0.3) is 0 Å². The Kier molecular flexibility index (Phi) is 5.83. The maximum Gasteiger partial charge on any atom is 0.0700 e. The molecular formula is C11H21ClO2. The van der Waals surface area contributed by atoms with Crippen molar-refractivity contribution >= 4 is 11.6 Å². The number of ether oxygens (including phenoxy) is 2. The Morgan fingerprint density at radius 2 is 1.86 bits per heavy atom. The summed E-state index contributed by atoms with van der Waals surface area (Å²) in [7, 11) is 1.70. The van der Waals surface area contributed by atoms with Gasteiger partial charge in [-0.25, -0.2) is 0 Å². The fourth-order valence-electron chi connectivity index (χ4n) is 2.11. The van der Waals surface area contributed by atoms with Crippen LogP contribution in [-0.4, -0.2) is 32.8 Å². The zero-order valence-electron chi connectivity index (χ0n) is 9.06. The maximum atomic E-state index is 6.02. The lowest BCUT2D eigenvalue weighted by Crippen LogP contribution is -2.21.